The Morgan fingerprint density at radius 2 is 1.95 bits per heavy atom. The van der Waals surface area contributed by atoms with E-state index >= 15 is 0 Å². The molecule has 2 aromatic heterocycles. The number of hydrogen-bond donors (Lipinski definition) is 2. The van der Waals surface area contributed by atoms with Gasteiger partial charge in [-0.1, -0.05) is 12.1 Å². The Morgan fingerprint density at radius 1 is 1.16 bits per heavy atom. The lowest BCUT2D eigenvalue weighted by atomic mass is 9.99. The molecule has 0 bridgehead atoms. The van der Waals surface area contributed by atoms with Crippen molar-refractivity contribution in [2.75, 3.05) is 0 Å². The number of hydrogen-bond acceptors (Lipinski definition) is 3. The van der Waals surface area contributed by atoms with Crippen LogP contribution >= 0.6 is 0 Å². The number of rotatable bonds is 7. The number of halogens is 1. The molecule has 196 valence electrons. The van der Waals surface area contributed by atoms with Crippen LogP contribution in [-0.4, -0.2) is 35.8 Å². The van der Waals surface area contributed by atoms with E-state index in [9.17, 15) is 19.1 Å². The molecule has 1 aliphatic rings. The Morgan fingerprint density at radius 3 is 2.61 bits per heavy atom. The molecule has 9 nitrogen and oxygen atoms in total. The number of carbonyl (C=O) groups is 2. The monoisotopic (exact) mass is 516 g/mol. The van der Waals surface area contributed by atoms with Gasteiger partial charge in [0.25, 0.3) is 5.91 Å². The number of amides is 2. The summed E-state index contributed by atoms with van der Waals surface area (Å²) in [5.74, 6) is 0.566. The normalized spacial score (nSPS) is 14.5. The highest BCUT2D eigenvalue weighted by Crippen LogP contribution is 2.41. The molecule has 2 heterocycles. The third-order valence-electron chi connectivity index (χ3n) is 6.86. The minimum atomic E-state index is -1.29. The van der Waals surface area contributed by atoms with Gasteiger partial charge in [0.1, 0.15) is 11.6 Å². The topological polar surface area (TPSA) is 106 Å². The van der Waals surface area contributed by atoms with Crippen molar-refractivity contribution in [3.05, 3.63) is 101 Å². The fourth-order valence-electron chi connectivity index (χ4n) is 4.74. The largest absolute Gasteiger partial charge is 0.463 e. The number of imidazole rings is 2. The van der Waals surface area contributed by atoms with Gasteiger partial charge in [0.2, 0.25) is 5.62 Å². The molecule has 0 spiro atoms. The van der Waals surface area contributed by atoms with Crippen molar-refractivity contribution in [1.82, 2.24) is 24.0 Å². The van der Waals surface area contributed by atoms with Crippen molar-refractivity contribution in [1.29, 1.82) is 0 Å². The number of benzene rings is 2. The quantitative estimate of drug-likeness (QED) is 0.382. The van der Waals surface area contributed by atoms with Crippen molar-refractivity contribution in [3.63, 3.8) is 0 Å². The van der Waals surface area contributed by atoms with E-state index in [2.05, 4.69) is 15.3 Å². The average molecular weight is 517 g/mol. The highest BCUT2D eigenvalue weighted by molar-refractivity contribution is 5.95. The summed E-state index contributed by atoms with van der Waals surface area (Å²) in [6.07, 6.45) is 7.71. The van der Waals surface area contributed by atoms with Gasteiger partial charge in [0, 0.05) is 43.1 Å². The van der Waals surface area contributed by atoms with E-state index in [4.69, 9.17) is 0 Å². The first-order valence-corrected chi connectivity index (χ1v) is 12.4. The third kappa shape index (κ3) is 5.29. The Hall–Kier alpha value is -4.47. The molecule has 1 aliphatic carbocycles. The third-order valence-corrected chi connectivity index (χ3v) is 6.86. The number of carbonyl (C=O) groups excluding carboxylic acids is 1. The zero-order valence-corrected chi connectivity index (χ0v) is 21.4. The Labute approximate surface area is 218 Å². The lowest BCUT2D eigenvalue weighted by molar-refractivity contribution is 0.0931. The maximum Gasteiger partial charge on any atom is 0.434 e. The summed E-state index contributed by atoms with van der Waals surface area (Å²) in [6.45, 7) is 3.90. The first-order valence-electron chi connectivity index (χ1n) is 12.4. The van der Waals surface area contributed by atoms with Crippen LogP contribution in [0.1, 0.15) is 51.8 Å². The van der Waals surface area contributed by atoms with Crippen LogP contribution in [0.4, 0.5) is 9.18 Å². The predicted octanol–water partition coefficient (Wildman–Crippen LogP) is 4.28. The minimum Gasteiger partial charge on any atom is -0.463 e. The van der Waals surface area contributed by atoms with Gasteiger partial charge in [-0.2, -0.15) is 0 Å². The second-order valence-corrected chi connectivity index (χ2v) is 9.76. The van der Waals surface area contributed by atoms with Crippen molar-refractivity contribution in [2.45, 2.75) is 39.3 Å². The Kier molecular flexibility index (Phi) is 6.71. The fraction of sp³-hybridized carbons (Fsp3) is 0.286. The minimum absolute atomic E-state index is 0.214. The van der Waals surface area contributed by atoms with Crippen molar-refractivity contribution in [2.24, 2.45) is 18.0 Å². The lowest BCUT2D eigenvalue weighted by Crippen LogP contribution is -2.30. The van der Waals surface area contributed by atoms with E-state index in [1.807, 2.05) is 29.8 Å². The molecule has 1 saturated carbocycles. The molecule has 0 saturated heterocycles. The summed E-state index contributed by atoms with van der Waals surface area (Å²) in [5.41, 5.74) is 3.72. The van der Waals surface area contributed by atoms with Crippen LogP contribution in [0.2, 0.25) is 0 Å². The first kappa shape index (κ1) is 25.2. The average Bonchev–Trinajstić information content (AvgIpc) is 3.55. The second kappa shape index (κ2) is 10.1. The zero-order valence-electron chi connectivity index (χ0n) is 21.4. The summed E-state index contributed by atoms with van der Waals surface area (Å²) >= 11 is 0. The summed E-state index contributed by atoms with van der Waals surface area (Å²) in [5, 5.41) is 12.4. The smallest absolute Gasteiger partial charge is 0.434 e. The summed E-state index contributed by atoms with van der Waals surface area (Å²) in [6, 6.07) is 10.3. The van der Waals surface area contributed by atoms with Crippen LogP contribution in [0.25, 0.3) is 5.69 Å². The number of nitrogens with zero attached hydrogens (tertiary/aromatic N) is 5. The SMILES string of the molecule is Cc1cc([C@@H](NC(=O)c2cc(Cn3ccn(C)c3=NC(=O)O)cc(-n3ccnc3C)c2)C2CC2)ccc1F. The molecule has 1 fully saturated rings. The van der Waals surface area contributed by atoms with E-state index in [-0.39, 0.29) is 23.4 Å². The molecule has 2 amide bonds. The van der Waals surface area contributed by atoms with Crippen molar-refractivity contribution in [3.8, 4) is 5.69 Å². The first-order chi connectivity index (χ1) is 18.2. The van der Waals surface area contributed by atoms with Gasteiger partial charge in [-0.15, -0.1) is 4.99 Å². The molecule has 2 N–H and O–H groups in total. The fourth-order valence-corrected chi connectivity index (χ4v) is 4.74. The van der Waals surface area contributed by atoms with E-state index < -0.39 is 6.09 Å². The van der Waals surface area contributed by atoms with Crippen molar-refractivity contribution >= 4 is 12.0 Å². The van der Waals surface area contributed by atoms with Crippen LogP contribution in [0.3, 0.4) is 0 Å². The highest BCUT2D eigenvalue weighted by Gasteiger charge is 2.34. The number of carboxylic acid groups (broad SMARTS) is 1. The molecule has 0 aliphatic heterocycles. The molecular formula is C28H29FN6O3. The predicted molar refractivity (Wildman–Crippen MR) is 138 cm³/mol. The van der Waals surface area contributed by atoms with E-state index in [0.29, 0.717) is 23.6 Å². The second-order valence-electron chi connectivity index (χ2n) is 9.76. The molecule has 4 aromatic rings. The molecule has 2 aromatic carbocycles. The van der Waals surface area contributed by atoms with E-state index in [1.54, 1.807) is 59.9 Å². The standard InChI is InChI=1S/C28H29FN6O3/c1-17-12-21(6-7-24(17)29)25(20-4-5-20)31-26(36)22-13-19(14-23(15-22)35-9-8-30-18(35)2)16-34-11-10-33(3)27(34)32-28(37)38/h6-15,20,25H,4-5,16H2,1-3H3,(H,31,36)(H,37,38)/t25-/m0/s1. The summed E-state index contributed by atoms with van der Waals surface area (Å²) < 4.78 is 19.1. The summed E-state index contributed by atoms with van der Waals surface area (Å²) in [4.78, 5) is 32.9. The summed E-state index contributed by atoms with van der Waals surface area (Å²) in [7, 11) is 1.72. The van der Waals surface area contributed by atoms with Crippen LogP contribution < -0.4 is 10.9 Å². The number of aryl methyl sites for hydroxylation is 3. The highest BCUT2D eigenvalue weighted by atomic mass is 19.1. The van der Waals surface area contributed by atoms with Crippen LogP contribution in [0, 0.1) is 25.6 Å². The Bertz CT molecular complexity index is 1590. The number of nitrogens with one attached hydrogen (secondary N) is 1. The van der Waals surface area contributed by atoms with Gasteiger partial charge in [-0.05, 0) is 73.6 Å². The number of aromatic nitrogens is 4. The molecule has 1 atom stereocenters. The van der Waals surface area contributed by atoms with Crippen LogP contribution in [-0.2, 0) is 13.6 Å². The Balaban J connectivity index is 1.52. The maximum absolute atomic E-state index is 13.9. The molecular weight excluding hydrogens is 487 g/mol. The van der Waals surface area contributed by atoms with E-state index in [0.717, 1.165) is 35.5 Å². The van der Waals surface area contributed by atoms with Gasteiger partial charge in [-0.3, -0.25) is 4.79 Å². The van der Waals surface area contributed by atoms with Crippen molar-refractivity contribution < 1.29 is 19.1 Å². The van der Waals surface area contributed by atoms with Crippen LogP contribution in [0.15, 0.2) is 66.2 Å². The lowest BCUT2D eigenvalue weighted by Gasteiger charge is -2.20. The molecule has 38 heavy (non-hydrogen) atoms. The molecule has 0 radical (unpaired) electrons. The van der Waals surface area contributed by atoms with Crippen LogP contribution in [0.5, 0.6) is 0 Å². The van der Waals surface area contributed by atoms with Gasteiger partial charge in [0.05, 0.1) is 12.6 Å². The van der Waals surface area contributed by atoms with Gasteiger partial charge >= 0.3 is 6.09 Å². The molecule has 10 heteroatoms. The van der Waals surface area contributed by atoms with Gasteiger partial charge in [0.15, 0.2) is 0 Å². The molecule has 5 rings (SSSR count). The van der Waals surface area contributed by atoms with Gasteiger partial charge in [-0.25, -0.2) is 14.2 Å². The molecule has 0 unspecified atom stereocenters. The maximum atomic E-state index is 13.9. The zero-order chi connectivity index (χ0) is 27.0. The van der Waals surface area contributed by atoms with E-state index in [1.165, 1.54) is 6.07 Å². The van der Waals surface area contributed by atoms with Gasteiger partial charge < -0.3 is 24.1 Å².